The number of methoxy groups -OCH3 is 1. The van der Waals surface area contributed by atoms with Crippen molar-refractivity contribution in [2.75, 3.05) is 14.2 Å². The van der Waals surface area contributed by atoms with E-state index in [1.807, 2.05) is 28.9 Å². The van der Waals surface area contributed by atoms with Crippen LogP contribution in [0.5, 0.6) is 0 Å². The summed E-state index contributed by atoms with van der Waals surface area (Å²) in [7, 11) is 3.25. The van der Waals surface area contributed by atoms with Gasteiger partial charge in [-0.05, 0) is 12.3 Å². The topological polar surface area (TPSA) is 26.5 Å². The van der Waals surface area contributed by atoms with Gasteiger partial charge in [-0.3, -0.25) is 0 Å². The summed E-state index contributed by atoms with van der Waals surface area (Å²) in [5.74, 6) is 0. The molecule has 0 amide bonds. The van der Waals surface area contributed by atoms with Gasteiger partial charge in [-0.25, -0.2) is 4.98 Å². The zero-order chi connectivity index (χ0) is 9.68. The average Bonchev–Trinajstić information content (AvgIpc) is 2.52. The van der Waals surface area contributed by atoms with Crippen molar-refractivity contribution in [1.29, 1.82) is 0 Å². The van der Waals surface area contributed by atoms with E-state index in [2.05, 4.69) is 9.72 Å². The second-order valence-corrected chi connectivity index (χ2v) is 2.94. The van der Waals surface area contributed by atoms with Gasteiger partial charge in [-0.15, -0.1) is 0 Å². The van der Waals surface area contributed by atoms with Crippen molar-refractivity contribution in [3.05, 3.63) is 30.7 Å². The maximum Gasteiger partial charge on any atom is 1.00 e. The SMILES string of the molecule is COC.[K+].[S-]c1ccc2nccn2c1. The van der Waals surface area contributed by atoms with Gasteiger partial charge in [0.25, 0.3) is 0 Å². The minimum atomic E-state index is 0. The maximum atomic E-state index is 4.96. The number of imidazole rings is 1. The van der Waals surface area contributed by atoms with E-state index in [0.29, 0.717) is 0 Å². The van der Waals surface area contributed by atoms with Crippen molar-refractivity contribution in [2.45, 2.75) is 4.90 Å². The van der Waals surface area contributed by atoms with Crippen molar-refractivity contribution >= 4 is 18.3 Å². The van der Waals surface area contributed by atoms with E-state index >= 15 is 0 Å². The molecule has 2 heterocycles. The number of hydrogen-bond donors (Lipinski definition) is 0. The molecule has 0 spiro atoms. The first-order valence-electron chi connectivity index (χ1n) is 3.78. The molecule has 0 atom stereocenters. The molecule has 14 heavy (non-hydrogen) atoms. The molecule has 0 unspecified atom stereocenters. The van der Waals surface area contributed by atoms with Crippen molar-refractivity contribution in [1.82, 2.24) is 9.38 Å². The van der Waals surface area contributed by atoms with Gasteiger partial charge in [-0.1, -0.05) is 6.07 Å². The number of rotatable bonds is 0. The molecule has 2 aromatic rings. The molecule has 0 saturated carbocycles. The van der Waals surface area contributed by atoms with Gasteiger partial charge in [0.2, 0.25) is 0 Å². The molecule has 2 rings (SSSR count). The number of pyridine rings is 1. The summed E-state index contributed by atoms with van der Waals surface area (Å²) in [6, 6.07) is 3.78. The van der Waals surface area contributed by atoms with Crippen LogP contribution in [0.2, 0.25) is 0 Å². The molecular formula is C9H11KN2OS. The molecule has 0 N–H and O–H groups in total. The fourth-order valence-corrected chi connectivity index (χ4v) is 1.08. The zero-order valence-corrected chi connectivity index (χ0v) is 12.5. The average molecular weight is 234 g/mol. The first-order valence-corrected chi connectivity index (χ1v) is 4.18. The second-order valence-electron chi connectivity index (χ2n) is 2.47. The summed E-state index contributed by atoms with van der Waals surface area (Å²) in [6.45, 7) is 0. The molecule has 2 aromatic heterocycles. The van der Waals surface area contributed by atoms with E-state index in [1.54, 1.807) is 20.4 Å². The molecule has 70 valence electrons. The smallest absolute Gasteiger partial charge is 0.778 e. The van der Waals surface area contributed by atoms with E-state index in [4.69, 9.17) is 12.6 Å². The summed E-state index contributed by atoms with van der Waals surface area (Å²) in [5, 5.41) is 0. The Bertz CT molecular complexity index is 378. The van der Waals surface area contributed by atoms with E-state index < -0.39 is 0 Å². The van der Waals surface area contributed by atoms with Crippen LogP contribution in [0, 0.1) is 0 Å². The van der Waals surface area contributed by atoms with Gasteiger partial charge < -0.3 is 21.8 Å². The van der Waals surface area contributed by atoms with Crippen LogP contribution in [0.4, 0.5) is 0 Å². The number of ether oxygens (including phenoxy) is 1. The van der Waals surface area contributed by atoms with Crippen LogP contribution >= 0.6 is 0 Å². The second kappa shape index (κ2) is 7.75. The van der Waals surface area contributed by atoms with Crippen LogP contribution in [-0.4, -0.2) is 23.6 Å². The molecule has 5 heteroatoms. The Morgan fingerprint density at radius 2 is 2.00 bits per heavy atom. The number of aromatic nitrogens is 2. The number of hydrogen-bond acceptors (Lipinski definition) is 3. The quantitative estimate of drug-likeness (QED) is 0.410. The third kappa shape index (κ3) is 4.35. The Morgan fingerprint density at radius 3 is 2.64 bits per heavy atom. The van der Waals surface area contributed by atoms with Crippen molar-refractivity contribution in [2.24, 2.45) is 0 Å². The third-order valence-electron chi connectivity index (χ3n) is 1.36. The fourth-order valence-electron chi connectivity index (χ4n) is 0.900. The normalized spacial score (nSPS) is 8.71. The summed E-state index contributed by atoms with van der Waals surface area (Å²) < 4.78 is 6.16. The molecular weight excluding hydrogens is 223 g/mol. The Morgan fingerprint density at radius 1 is 1.36 bits per heavy atom. The Kier molecular flexibility index (Phi) is 8.03. The summed E-state index contributed by atoms with van der Waals surface area (Å²) >= 11 is 4.96. The largest absolute Gasteiger partial charge is 1.00 e. The van der Waals surface area contributed by atoms with Gasteiger partial charge >= 0.3 is 51.4 Å². The zero-order valence-electron chi connectivity index (χ0n) is 8.60. The Hall–Kier alpha value is 0.506. The molecule has 0 aromatic carbocycles. The van der Waals surface area contributed by atoms with Crippen LogP contribution < -0.4 is 51.4 Å². The van der Waals surface area contributed by atoms with Gasteiger partial charge in [0.05, 0.1) is 0 Å². The van der Waals surface area contributed by atoms with Crippen LogP contribution in [0.3, 0.4) is 0 Å². The Balaban J connectivity index is 0.000000381. The molecule has 0 aliphatic rings. The molecule has 0 fully saturated rings. The van der Waals surface area contributed by atoms with E-state index in [1.165, 1.54) is 0 Å². The fraction of sp³-hybridized carbons (Fsp3) is 0.222. The first kappa shape index (κ1) is 14.5. The standard InChI is InChI=1S/C7H6N2S.C2H6O.K/c10-6-1-2-7-8-3-4-9(7)5-6;1-3-2;/h1-5,10H;1-2H3;/q;;+1/p-1. The van der Waals surface area contributed by atoms with Crippen LogP contribution in [0.1, 0.15) is 0 Å². The maximum absolute atomic E-state index is 4.96. The van der Waals surface area contributed by atoms with Crippen LogP contribution in [-0.2, 0) is 17.4 Å². The van der Waals surface area contributed by atoms with Crippen LogP contribution in [0.15, 0.2) is 35.6 Å². The van der Waals surface area contributed by atoms with Crippen LogP contribution in [0.25, 0.3) is 5.65 Å². The predicted octanol–water partition coefficient (Wildman–Crippen LogP) is -1.49. The third-order valence-corrected chi connectivity index (χ3v) is 1.60. The van der Waals surface area contributed by atoms with Gasteiger partial charge in [0.1, 0.15) is 5.65 Å². The van der Waals surface area contributed by atoms with E-state index in [-0.39, 0.29) is 51.4 Å². The number of nitrogens with zero attached hydrogens (tertiary/aromatic N) is 2. The molecule has 0 aliphatic carbocycles. The monoisotopic (exact) mass is 234 g/mol. The summed E-state index contributed by atoms with van der Waals surface area (Å²) in [6.07, 6.45) is 5.51. The van der Waals surface area contributed by atoms with Crippen molar-refractivity contribution in [3.8, 4) is 0 Å². The molecule has 0 radical (unpaired) electrons. The number of fused-ring (bicyclic) bond motifs is 1. The molecule has 0 aliphatic heterocycles. The summed E-state index contributed by atoms with van der Waals surface area (Å²) in [4.78, 5) is 4.91. The summed E-state index contributed by atoms with van der Waals surface area (Å²) in [5.41, 5.74) is 0.939. The van der Waals surface area contributed by atoms with Gasteiger partial charge in [-0.2, -0.15) is 4.90 Å². The minimum Gasteiger partial charge on any atom is -0.778 e. The Labute approximate surface area is 132 Å². The first-order chi connectivity index (χ1) is 6.27. The van der Waals surface area contributed by atoms with Gasteiger partial charge in [0, 0.05) is 26.6 Å². The van der Waals surface area contributed by atoms with E-state index in [9.17, 15) is 0 Å². The molecule has 0 bridgehead atoms. The van der Waals surface area contributed by atoms with E-state index in [0.717, 1.165) is 10.5 Å². The minimum absolute atomic E-state index is 0. The van der Waals surface area contributed by atoms with Crippen molar-refractivity contribution in [3.63, 3.8) is 0 Å². The van der Waals surface area contributed by atoms with Crippen molar-refractivity contribution < 1.29 is 56.1 Å². The predicted molar refractivity (Wildman–Crippen MR) is 53.8 cm³/mol. The molecule has 0 saturated heterocycles. The van der Waals surface area contributed by atoms with Gasteiger partial charge in [0.15, 0.2) is 0 Å². The molecule has 3 nitrogen and oxygen atoms in total.